The number of benzene rings is 2. The van der Waals surface area contributed by atoms with E-state index >= 15 is 0 Å². The van der Waals surface area contributed by atoms with Gasteiger partial charge in [-0.15, -0.1) is 11.6 Å². The molecule has 50 heavy (non-hydrogen) atoms. The highest BCUT2D eigenvalue weighted by Crippen LogP contribution is 2.43. The van der Waals surface area contributed by atoms with Gasteiger partial charge < -0.3 is 19.6 Å². The Morgan fingerprint density at radius 3 is 2.70 bits per heavy atom. The van der Waals surface area contributed by atoms with Crippen LogP contribution in [-0.4, -0.2) is 69.1 Å². The van der Waals surface area contributed by atoms with E-state index in [-0.39, 0.29) is 29.3 Å². The van der Waals surface area contributed by atoms with E-state index in [0.717, 1.165) is 16.7 Å². The maximum atomic E-state index is 14.1. The van der Waals surface area contributed by atoms with Crippen LogP contribution in [-0.2, 0) is 23.4 Å². The van der Waals surface area contributed by atoms with E-state index in [2.05, 4.69) is 21.7 Å². The van der Waals surface area contributed by atoms with Crippen molar-refractivity contribution >= 4 is 40.2 Å². The molecule has 2 aromatic carbocycles. The van der Waals surface area contributed by atoms with E-state index in [1.165, 1.54) is 19.4 Å². The summed E-state index contributed by atoms with van der Waals surface area (Å²) in [6, 6.07) is 14.9. The van der Waals surface area contributed by atoms with Gasteiger partial charge in [-0.2, -0.15) is 5.26 Å². The number of pyridine rings is 1. The predicted octanol–water partition coefficient (Wildman–Crippen LogP) is 5.16. The Morgan fingerprint density at radius 1 is 1.24 bits per heavy atom. The Morgan fingerprint density at radius 2 is 2.02 bits per heavy atom. The summed E-state index contributed by atoms with van der Waals surface area (Å²) in [5.74, 6) is -1.10. The lowest BCUT2D eigenvalue weighted by atomic mass is 9.81. The monoisotopic (exact) mass is 696 g/mol. The maximum Gasteiger partial charge on any atom is 0.323 e. The van der Waals surface area contributed by atoms with Crippen LogP contribution in [0.2, 0.25) is 0 Å². The van der Waals surface area contributed by atoms with Crippen LogP contribution in [0.25, 0.3) is 16.7 Å². The molecule has 7 rings (SSSR count). The Labute approximate surface area is 292 Å². The normalized spacial score (nSPS) is 21.3. The molecule has 1 saturated heterocycles. The van der Waals surface area contributed by atoms with Crippen LogP contribution in [0, 0.1) is 18.3 Å². The molecule has 2 fully saturated rings. The third kappa shape index (κ3) is 6.02. The van der Waals surface area contributed by atoms with E-state index in [1.807, 2.05) is 42.2 Å². The molecule has 2 unspecified atom stereocenters. The lowest BCUT2D eigenvalue weighted by Crippen LogP contribution is -2.52. The van der Waals surface area contributed by atoms with Crippen molar-refractivity contribution in [3.05, 3.63) is 106 Å². The van der Waals surface area contributed by atoms with Crippen molar-refractivity contribution < 1.29 is 28.2 Å². The van der Waals surface area contributed by atoms with Crippen LogP contribution in [0.5, 0.6) is 5.75 Å². The van der Waals surface area contributed by atoms with Crippen molar-refractivity contribution in [2.24, 2.45) is 0 Å². The lowest BCUT2D eigenvalue weighted by molar-refractivity contribution is -0.140. The number of aliphatic carboxylic acids is 1. The molecular formula is C37H34ClFN6O5. The summed E-state index contributed by atoms with van der Waals surface area (Å²) < 4.78 is 25.4. The first-order valence-corrected chi connectivity index (χ1v) is 16.6. The number of carbonyl (C=O) groups excluding carboxylic acids is 1. The molecule has 0 radical (unpaired) electrons. The number of ether oxygens (including phenoxy) is 1. The van der Waals surface area contributed by atoms with Gasteiger partial charge in [0.05, 0.1) is 18.1 Å². The van der Waals surface area contributed by atoms with Gasteiger partial charge in [-0.3, -0.25) is 24.8 Å². The molecule has 256 valence electrons. The second kappa shape index (κ2) is 13.0. The van der Waals surface area contributed by atoms with E-state index in [1.54, 1.807) is 24.3 Å². The van der Waals surface area contributed by atoms with Gasteiger partial charge in [-0.1, -0.05) is 36.4 Å². The largest absolute Gasteiger partial charge is 0.496 e. The second-order valence-corrected chi connectivity index (χ2v) is 13.5. The van der Waals surface area contributed by atoms with Gasteiger partial charge in [-0.25, -0.2) is 9.37 Å². The molecule has 4 aromatic rings. The number of fused-ring (bicyclic) bond motifs is 1. The number of carboxylic acids is 1. The number of likely N-dealkylation sites (tertiary alicyclic amines) is 1. The number of oxazole rings is 1. The number of aromatic nitrogens is 2. The molecule has 0 spiro atoms. The van der Waals surface area contributed by atoms with Crippen molar-refractivity contribution in [2.45, 2.75) is 55.5 Å². The first-order chi connectivity index (χ1) is 24.1. The number of rotatable bonds is 11. The summed E-state index contributed by atoms with van der Waals surface area (Å²) in [6.45, 7) is 3.25. The van der Waals surface area contributed by atoms with Gasteiger partial charge in [-0.05, 0) is 60.2 Å². The fourth-order valence-electron chi connectivity index (χ4n) is 6.54. The molecule has 3 aliphatic rings. The van der Waals surface area contributed by atoms with Crippen LogP contribution >= 0.6 is 11.6 Å². The molecule has 1 saturated carbocycles. The third-order valence-electron chi connectivity index (χ3n) is 9.60. The summed E-state index contributed by atoms with van der Waals surface area (Å²) in [7, 11) is 1.46. The van der Waals surface area contributed by atoms with Crippen molar-refractivity contribution in [1.82, 2.24) is 25.5 Å². The van der Waals surface area contributed by atoms with Crippen LogP contribution < -0.4 is 15.4 Å². The Bertz CT molecular complexity index is 2110. The summed E-state index contributed by atoms with van der Waals surface area (Å²) in [5.41, 5.74) is 2.34. The quantitative estimate of drug-likeness (QED) is 0.179. The standard InChI is InChI=1S/C37H34ClFN6O5/c1-21-6-3-4-7-26(21)27-8-5-9-37(32(27)38,34-43-28-13-22(18-45-19-25(39)20-45)12-23(15-40)31(28)50-34)44-33(46)29-14-30(49-2)24(16-41-29)17-42-36(10-11-36)35(47)48/h3-9,12-14,16,25,32,42H,10-11,17-20H2,1-2H3,(H,44,46)(H,47,48). The van der Waals surface area contributed by atoms with Crippen LogP contribution in [0.1, 0.15) is 57.0 Å². The van der Waals surface area contributed by atoms with Crippen molar-refractivity contribution in [3.63, 3.8) is 0 Å². The molecule has 2 aliphatic carbocycles. The van der Waals surface area contributed by atoms with Gasteiger partial charge in [0.15, 0.2) is 11.1 Å². The number of nitrogens with one attached hydrogen (secondary N) is 2. The van der Waals surface area contributed by atoms with Crippen LogP contribution in [0.15, 0.2) is 71.3 Å². The number of aryl methyl sites for hydroxylation is 1. The summed E-state index contributed by atoms with van der Waals surface area (Å²) >= 11 is 7.38. The SMILES string of the molecule is COc1cc(C(=O)NC2(c3nc4cc(CN5CC(F)C5)cc(C#N)c4o3)C=CC=C(c3ccccc3C)C2Cl)ncc1CNC1(C(=O)O)CC1. The fourth-order valence-corrected chi connectivity index (χ4v) is 6.95. The number of allylic oxidation sites excluding steroid dienone is 2. The third-order valence-corrected chi connectivity index (χ3v) is 10.2. The highest BCUT2D eigenvalue weighted by molar-refractivity contribution is 6.28. The van der Waals surface area contributed by atoms with Crippen molar-refractivity contribution in [3.8, 4) is 11.8 Å². The summed E-state index contributed by atoms with van der Waals surface area (Å²) in [6.07, 6.45) is 7.03. The van der Waals surface area contributed by atoms with Crippen LogP contribution in [0.3, 0.4) is 0 Å². The topological polar surface area (TPSA) is 154 Å². The van der Waals surface area contributed by atoms with Gasteiger partial charge >= 0.3 is 5.97 Å². The average Bonchev–Trinajstić information content (AvgIpc) is 3.78. The molecule has 0 bridgehead atoms. The zero-order valence-corrected chi connectivity index (χ0v) is 28.1. The van der Waals surface area contributed by atoms with Crippen molar-refractivity contribution in [2.75, 3.05) is 20.2 Å². The van der Waals surface area contributed by atoms with Gasteiger partial charge in [0.25, 0.3) is 5.91 Å². The minimum absolute atomic E-state index is 0.0189. The number of nitriles is 1. The Balaban J connectivity index is 1.26. The molecule has 11 nitrogen and oxygen atoms in total. The number of nitrogens with zero attached hydrogens (tertiary/aromatic N) is 4. The fraction of sp³-hybridized carbons (Fsp3) is 0.324. The van der Waals surface area contributed by atoms with Gasteiger partial charge in [0, 0.05) is 44.0 Å². The summed E-state index contributed by atoms with van der Waals surface area (Å²) in [4.78, 5) is 36.9. The highest BCUT2D eigenvalue weighted by atomic mass is 35.5. The van der Waals surface area contributed by atoms with E-state index in [0.29, 0.717) is 54.9 Å². The number of hydrogen-bond acceptors (Lipinski definition) is 9. The molecule has 3 heterocycles. The Hall–Kier alpha value is -5.09. The van der Waals surface area contributed by atoms with E-state index in [9.17, 15) is 24.3 Å². The molecule has 1 aliphatic heterocycles. The minimum atomic E-state index is -1.54. The smallest absolute Gasteiger partial charge is 0.323 e. The van der Waals surface area contributed by atoms with E-state index in [4.69, 9.17) is 25.7 Å². The number of halogens is 2. The minimum Gasteiger partial charge on any atom is -0.496 e. The number of methoxy groups -OCH3 is 1. The van der Waals surface area contributed by atoms with Crippen molar-refractivity contribution in [1.29, 1.82) is 5.26 Å². The second-order valence-electron chi connectivity index (χ2n) is 13.0. The molecule has 3 N–H and O–H groups in total. The molecule has 2 aromatic heterocycles. The number of amides is 1. The van der Waals surface area contributed by atoms with Crippen LogP contribution in [0.4, 0.5) is 4.39 Å². The van der Waals surface area contributed by atoms with Gasteiger partial charge in [0.2, 0.25) is 5.89 Å². The zero-order chi connectivity index (χ0) is 35.2. The number of carboxylic acid groups (broad SMARTS) is 1. The number of carbonyl (C=O) groups is 2. The lowest BCUT2D eigenvalue weighted by Gasteiger charge is -2.36. The zero-order valence-electron chi connectivity index (χ0n) is 27.4. The highest BCUT2D eigenvalue weighted by Gasteiger charge is 2.50. The molecule has 13 heteroatoms. The first-order valence-electron chi connectivity index (χ1n) is 16.2. The maximum absolute atomic E-state index is 14.1. The summed E-state index contributed by atoms with van der Waals surface area (Å²) in [5, 5.41) is 24.8. The molecule has 1 amide bonds. The number of alkyl halides is 2. The molecule has 2 atom stereocenters. The predicted molar refractivity (Wildman–Crippen MR) is 183 cm³/mol. The van der Waals surface area contributed by atoms with E-state index < -0.39 is 34.5 Å². The Kier molecular flexibility index (Phi) is 8.68. The van der Waals surface area contributed by atoms with Gasteiger partial charge in [0.1, 0.15) is 34.7 Å². The first kappa shape index (κ1) is 33.4. The molecular weight excluding hydrogens is 663 g/mol. The number of hydrogen-bond donors (Lipinski definition) is 3. The average molecular weight is 697 g/mol.